The number of rotatable bonds is 6. The first-order chi connectivity index (χ1) is 12.8. The average Bonchev–Trinajstić information content (AvgIpc) is 2.64. The molecule has 0 radical (unpaired) electrons. The van der Waals surface area contributed by atoms with E-state index in [1.807, 2.05) is 0 Å². The zero-order valence-corrected chi connectivity index (χ0v) is 16.7. The fourth-order valence-electron chi connectivity index (χ4n) is 3.23. The molecular formula is C20H27ClN2O4. The molecule has 2 amide bonds. The van der Waals surface area contributed by atoms with Crippen LogP contribution < -0.4 is 10.6 Å². The Morgan fingerprint density at radius 1 is 1.19 bits per heavy atom. The van der Waals surface area contributed by atoms with Crippen molar-refractivity contribution in [3.05, 3.63) is 34.9 Å². The molecule has 1 saturated carbocycles. The van der Waals surface area contributed by atoms with Crippen molar-refractivity contribution in [2.75, 3.05) is 6.54 Å². The van der Waals surface area contributed by atoms with Crippen LogP contribution in [0.25, 0.3) is 0 Å². The normalized spacial score (nSPS) is 23.2. The largest absolute Gasteiger partial charge is 0.451 e. The van der Waals surface area contributed by atoms with Crippen molar-refractivity contribution in [2.45, 2.75) is 52.2 Å². The lowest BCUT2D eigenvalue weighted by molar-refractivity contribution is -0.154. The van der Waals surface area contributed by atoms with Crippen molar-refractivity contribution in [3.63, 3.8) is 0 Å². The number of carbonyl (C=O) groups excluding carboxylic acids is 3. The van der Waals surface area contributed by atoms with E-state index in [1.165, 1.54) is 13.3 Å². The first kappa shape index (κ1) is 21.2. The molecule has 4 atom stereocenters. The Morgan fingerprint density at radius 2 is 1.85 bits per heavy atom. The molecule has 0 spiro atoms. The van der Waals surface area contributed by atoms with Gasteiger partial charge in [-0.2, -0.15) is 0 Å². The van der Waals surface area contributed by atoms with E-state index in [2.05, 4.69) is 24.5 Å². The van der Waals surface area contributed by atoms with E-state index >= 15 is 0 Å². The van der Waals surface area contributed by atoms with E-state index in [-0.39, 0.29) is 18.5 Å². The van der Waals surface area contributed by atoms with E-state index in [9.17, 15) is 14.4 Å². The van der Waals surface area contributed by atoms with Crippen LogP contribution in [0.15, 0.2) is 24.3 Å². The Balaban J connectivity index is 1.76. The van der Waals surface area contributed by atoms with Gasteiger partial charge in [-0.05, 0) is 49.4 Å². The fraction of sp³-hybridized carbons (Fsp3) is 0.550. The summed E-state index contributed by atoms with van der Waals surface area (Å²) in [6, 6.07) is 6.41. The SMILES string of the molecule is C[C@@H]1[C@H](C)CCC[C@H]1NC(=O)[C@@H](C)OC(=O)CNC(=O)c1ccc(Cl)cc1. The Morgan fingerprint density at radius 3 is 2.52 bits per heavy atom. The summed E-state index contributed by atoms with van der Waals surface area (Å²) in [7, 11) is 0. The van der Waals surface area contributed by atoms with Crippen LogP contribution in [0, 0.1) is 11.8 Å². The summed E-state index contributed by atoms with van der Waals surface area (Å²) in [6.45, 7) is 5.55. The molecule has 1 fully saturated rings. The van der Waals surface area contributed by atoms with E-state index in [1.54, 1.807) is 24.3 Å². The summed E-state index contributed by atoms with van der Waals surface area (Å²) in [4.78, 5) is 36.2. The van der Waals surface area contributed by atoms with Gasteiger partial charge >= 0.3 is 5.97 Å². The van der Waals surface area contributed by atoms with Gasteiger partial charge in [0.2, 0.25) is 0 Å². The van der Waals surface area contributed by atoms with Crippen molar-refractivity contribution >= 4 is 29.4 Å². The molecule has 6 nitrogen and oxygen atoms in total. The number of hydrogen-bond acceptors (Lipinski definition) is 4. The molecule has 1 aliphatic rings. The second-order valence-corrected chi connectivity index (χ2v) is 7.64. The predicted molar refractivity (Wildman–Crippen MR) is 103 cm³/mol. The van der Waals surface area contributed by atoms with Crippen LogP contribution in [0.5, 0.6) is 0 Å². The lowest BCUT2D eigenvalue weighted by atomic mass is 9.78. The molecule has 7 heteroatoms. The minimum absolute atomic E-state index is 0.104. The van der Waals surface area contributed by atoms with Gasteiger partial charge in [0.15, 0.2) is 6.10 Å². The van der Waals surface area contributed by atoms with Gasteiger partial charge < -0.3 is 15.4 Å². The van der Waals surface area contributed by atoms with Crippen LogP contribution in [-0.4, -0.2) is 36.5 Å². The number of halogens is 1. The van der Waals surface area contributed by atoms with Gasteiger partial charge in [0.1, 0.15) is 6.54 Å². The number of nitrogens with one attached hydrogen (secondary N) is 2. The van der Waals surface area contributed by atoms with E-state index in [4.69, 9.17) is 16.3 Å². The first-order valence-corrected chi connectivity index (χ1v) is 9.69. The smallest absolute Gasteiger partial charge is 0.326 e. The minimum Gasteiger partial charge on any atom is -0.451 e. The van der Waals surface area contributed by atoms with Crippen LogP contribution in [0.1, 0.15) is 50.4 Å². The molecule has 148 valence electrons. The Labute approximate surface area is 165 Å². The second kappa shape index (κ2) is 9.74. The molecule has 2 rings (SSSR count). The maximum Gasteiger partial charge on any atom is 0.326 e. The van der Waals surface area contributed by atoms with E-state index in [0.717, 1.165) is 12.8 Å². The Bertz CT molecular complexity index is 677. The topological polar surface area (TPSA) is 84.5 Å². The summed E-state index contributed by atoms with van der Waals surface area (Å²) in [5.41, 5.74) is 0.387. The highest BCUT2D eigenvalue weighted by Gasteiger charge is 2.30. The number of benzene rings is 1. The number of hydrogen-bond donors (Lipinski definition) is 2. The van der Waals surface area contributed by atoms with Gasteiger partial charge in [-0.25, -0.2) is 0 Å². The van der Waals surface area contributed by atoms with Crippen molar-refractivity contribution in [3.8, 4) is 0 Å². The van der Waals surface area contributed by atoms with Crippen molar-refractivity contribution in [1.29, 1.82) is 0 Å². The summed E-state index contributed by atoms with van der Waals surface area (Å²) >= 11 is 5.77. The average molecular weight is 395 g/mol. The summed E-state index contributed by atoms with van der Waals surface area (Å²) in [5.74, 6) is -0.427. The maximum atomic E-state index is 12.3. The van der Waals surface area contributed by atoms with Crippen LogP contribution in [-0.2, 0) is 14.3 Å². The predicted octanol–water partition coefficient (Wildman–Crippen LogP) is 2.94. The van der Waals surface area contributed by atoms with E-state index < -0.39 is 18.0 Å². The third-order valence-corrected chi connectivity index (χ3v) is 5.46. The van der Waals surface area contributed by atoms with Gasteiger partial charge in [0.05, 0.1) is 0 Å². The summed E-state index contributed by atoms with van der Waals surface area (Å²) in [5, 5.41) is 5.97. The highest BCUT2D eigenvalue weighted by Crippen LogP contribution is 2.29. The van der Waals surface area contributed by atoms with Crippen LogP contribution in [0.4, 0.5) is 0 Å². The zero-order valence-electron chi connectivity index (χ0n) is 16.0. The third-order valence-electron chi connectivity index (χ3n) is 5.21. The third kappa shape index (κ3) is 6.24. The molecule has 0 aliphatic heterocycles. The summed E-state index contributed by atoms with van der Waals surface area (Å²) < 4.78 is 5.13. The first-order valence-electron chi connectivity index (χ1n) is 9.31. The molecule has 0 heterocycles. The van der Waals surface area contributed by atoms with Gasteiger partial charge in [-0.1, -0.05) is 38.3 Å². The van der Waals surface area contributed by atoms with Crippen LogP contribution in [0.3, 0.4) is 0 Å². The number of esters is 1. The Kier molecular flexibility index (Phi) is 7.66. The molecular weight excluding hydrogens is 368 g/mol. The Hall–Kier alpha value is -2.08. The number of amides is 2. The van der Waals surface area contributed by atoms with Gasteiger partial charge in [-0.3, -0.25) is 14.4 Å². The lowest BCUT2D eigenvalue weighted by Crippen LogP contribution is -2.48. The van der Waals surface area contributed by atoms with Crippen molar-refractivity contribution in [2.24, 2.45) is 11.8 Å². The molecule has 0 bridgehead atoms. The fourth-order valence-corrected chi connectivity index (χ4v) is 3.36. The lowest BCUT2D eigenvalue weighted by Gasteiger charge is -2.35. The molecule has 27 heavy (non-hydrogen) atoms. The van der Waals surface area contributed by atoms with Gasteiger partial charge in [0.25, 0.3) is 11.8 Å². The maximum absolute atomic E-state index is 12.3. The van der Waals surface area contributed by atoms with Gasteiger partial charge in [0, 0.05) is 16.6 Å². The number of ether oxygens (including phenoxy) is 1. The molecule has 0 saturated heterocycles. The minimum atomic E-state index is -0.908. The highest BCUT2D eigenvalue weighted by molar-refractivity contribution is 6.30. The highest BCUT2D eigenvalue weighted by atomic mass is 35.5. The molecule has 2 N–H and O–H groups in total. The summed E-state index contributed by atoms with van der Waals surface area (Å²) in [6.07, 6.45) is 2.29. The number of carbonyl (C=O) groups is 3. The second-order valence-electron chi connectivity index (χ2n) is 7.20. The van der Waals surface area contributed by atoms with Crippen molar-refractivity contribution < 1.29 is 19.1 Å². The van der Waals surface area contributed by atoms with E-state index in [0.29, 0.717) is 22.4 Å². The van der Waals surface area contributed by atoms with Crippen molar-refractivity contribution in [1.82, 2.24) is 10.6 Å². The standard InChI is InChI=1S/C20H27ClN2O4/c1-12-5-4-6-17(13(12)2)23-19(25)14(3)27-18(24)11-22-20(26)15-7-9-16(21)10-8-15/h7-10,12-14,17H,4-6,11H2,1-3H3,(H,22,26)(H,23,25)/t12-,13-,14-,17-/m1/s1. The molecule has 0 aromatic heterocycles. The quantitative estimate of drug-likeness (QED) is 0.726. The molecule has 1 aromatic carbocycles. The molecule has 0 unspecified atom stereocenters. The molecule has 1 aliphatic carbocycles. The van der Waals surface area contributed by atoms with Crippen LogP contribution >= 0.6 is 11.6 Å². The zero-order chi connectivity index (χ0) is 20.0. The van der Waals surface area contributed by atoms with Gasteiger partial charge in [-0.15, -0.1) is 0 Å². The monoisotopic (exact) mass is 394 g/mol. The molecule has 1 aromatic rings. The van der Waals surface area contributed by atoms with Crippen LogP contribution in [0.2, 0.25) is 5.02 Å².